The number of benzene rings is 1. The van der Waals surface area contributed by atoms with E-state index >= 15 is 0 Å². The summed E-state index contributed by atoms with van der Waals surface area (Å²) in [6.07, 6.45) is 0. The fourth-order valence-corrected chi connectivity index (χ4v) is 1.95. The van der Waals surface area contributed by atoms with Gasteiger partial charge in [-0.05, 0) is 19.9 Å². The van der Waals surface area contributed by atoms with Crippen LogP contribution in [0.25, 0.3) is 0 Å². The fourth-order valence-electron chi connectivity index (χ4n) is 1.95. The number of nitrogens with zero attached hydrogens (tertiary/aromatic N) is 2. The van der Waals surface area contributed by atoms with Crippen molar-refractivity contribution >= 4 is 11.4 Å². The predicted molar refractivity (Wildman–Crippen MR) is 60.7 cm³/mol. The van der Waals surface area contributed by atoms with E-state index in [0.29, 0.717) is 18.7 Å². The Morgan fingerprint density at radius 2 is 2.12 bits per heavy atom. The Labute approximate surface area is 93.5 Å². The Kier molecular flexibility index (Phi) is 2.35. The molecule has 16 heavy (non-hydrogen) atoms. The van der Waals surface area contributed by atoms with Crippen LogP contribution in [0.2, 0.25) is 0 Å². The number of hydrogen-bond donors (Lipinski definition) is 1. The molecule has 0 aromatic heterocycles. The van der Waals surface area contributed by atoms with Crippen LogP contribution >= 0.6 is 0 Å². The second-order valence-corrected chi connectivity index (χ2v) is 4.58. The number of anilines is 1. The summed E-state index contributed by atoms with van der Waals surface area (Å²) in [6, 6.07) is 5.14. The van der Waals surface area contributed by atoms with E-state index in [1.807, 2.05) is 11.0 Å². The first-order valence-electron chi connectivity index (χ1n) is 5.11. The Balaban J connectivity index is 2.24. The Morgan fingerprint density at radius 3 is 2.62 bits per heavy atom. The quantitative estimate of drug-likeness (QED) is 0.608. The minimum absolute atomic E-state index is 0.129. The van der Waals surface area contributed by atoms with E-state index in [-0.39, 0.29) is 10.6 Å². The standard InChI is InChI=1S/C11H14N2O3/c1-8-3-4-9(5-10(8)13(15)16)12-6-11(2,14)7-12/h3-5,14H,6-7H2,1-2H3. The molecule has 1 saturated heterocycles. The van der Waals surface area contributed by atoms with Crippen molar-refractivity contribution in [1.82, 2.24) is 0 Å². The molecule has 0 aliphatic carbocycles. The maximum absolute atomic E-state index is 10.8. The van der Waals surface area contributed by atoms with Gasteiger partial charge in [0.25, 0.3) is 5.69 Å². The summed E-state index contributed by atoms with van der Waals surface area (Å²) in [5.41, 5.74) is 0.911. The maximum Gasteiger partial charge on any atom is 0.274 e. The molecular weight excluding hydrogens is 208 g/mol. The van der Waals surface area contributed by atoms with Crippen molar-refractivity contribution in [2.45, 2.75) is 19.4 Å². The second kappa shape index (κ2) is 3.45. The molecule has 0 amide bonds. The lowest BCUT2D eigenvalue weighted by Gasteiger charge is -2.45. The van der Waals surface area contributed by atoms with Crippen LogP contribution in [-0.4, -0.2) is 28.7 Å². The minimum Gasteiger partial charge on any atom is -0.386 e. The molecule has 1 N–H and O–H groups in total. The Bertz CT molecular complexity index is 435. The Hall–Kier alpha value is -1.62. The van der Waals surface area contributed by atoms with Crippen LogP contribution < -0.4 is 4.90 Å². The molecule has 1 fully saturated rings. The van der Waals surface area contributed by atoms with Crippen molar-refractivity contribution in [1.29, 1.82) is 0 Å². The molecule has 1 aromatic carbocycles. The summed E-state index contributed by atoms with van der Waals surface area (Å²) in [6.45, 7) is 4.51. The largest absolute Gasteiger partial charge is 0.386 e. The monoisotopic (exact) mass is 222 g/mol. The number of β-amino-alcohol motifs (C(OH)–C–C–N with tert-alkyl or cyclic N) is 1. The van der Waals surface area contributed by atoms with E-state index in [0.717, 1.165) is 5.69 Å². The summed E-state index contributed by atoms with van der Waals surface area (Å²) in [5, 5.41) is 20.4. The average Bonchev–Trinajstić information content (AvgIpc) is 2.14. The number of nitro groups is 1. The van der Waals surface area contributed by atoms with Crippen LogP contribution in [0, 0.1) is 17.0 Å². The number of aryl methyl sites for hydroxylation is 1. The molecule has 2 rings (SSSR count). The topological polar surface area (TPSA) is 66.6 Å². The van der Waals surface area contributed by atoms with E-state index in [2.05, 4.69) is 0 Å². The highest BCUT2D eigenvalue weighted by molar-refractivity contribution is 5.58. The van der Waals surface area contributed by atoms with Crippen molar-refractivity contribution in [3.05, 3.63) is 33.9 Å². The summed E-state index contributed by atoms with van der Waals surface area (Å²) >= 11 is 0. The van der Waals surface area contributed by atoms with Gasteiger partial charge in [0.1, 0.15) is 0 Å². The zero-order valence-corrected chi connectivity index (χ0v) is 9.30. The van der Waals surface area contributed by atoms with Crippen LogP contribution in [0.1, 0.15) is 12.5 Å². The van der Waals surface area contributed by atoms with Gasteiger partial charge < -0.3 is 10.0 Å². The van der Waals surface area contributed by atoms with Gasteiger partial charge in [-0.2, -0.15) is 0 Å². The molecular formula is C11H14N2O3. The molecule has 5 heteroatoms. The van der Waals surface area contributed by atoms with E-state index in [4.69, 9.17) is 0 Å². The summed E-state index contributed by atoms with van der Waals surface area (Å²) in [7, 11) is 0. The molecule has 0 bridgehead atoms. The van der Waals surface area contributed by atoms with Gasteiger partial charge >= 0.3 is 0 Å². The van der Waals surface area contributed by atoms with Gasteiger partial charge in [0.15, 0.2) is 0 Å². The molecule has 0 spiro atoms. The molecule has 0 radical (unpaired) electrons. The number of aliphatic hydroxyl groups is 1. The van der Waals surface area contributed by atoms with Gasteiger partial charge in [-0.3, -0.25) is 10.1 Å². The maximum atomic E-state index is 10.8. The first-order valence-corrected chi connectivity index (χ1v) is 5.11. The van der Waals surface area contributed by atoms with Crippen LogP contribution in [0.15, 0.2) is 18.2 Å². The predicted octanol–water partition coefficient (Wildman–Crippen LogP) is 1.47. The molecule has 86 valence electrons. The lowest BCUT2D eigenvalue weighted by Crippen LogP contribution is -2.60. The third-order valence-corrected chi connectivity index (χ3v) is 2.82. The van der Waals surface area contributed by atoms with Crippen molar-refractivity contribution in [2.75, 3.05) is 18.0 Å². The van der Waals surface area contributed by atoms with Gasteiger partial charge in [0, 0.05) is 30.4 Å². The Morgan fingerprint density at radius 1 is 1.50 bits per heavy atom. The van der Waals surface area contributed by atoms with Gasteiger partial charge in [-0.1, -0.05) is 6.07 Å². The lowest BCUT2D eigenvalue weighted by molar-refractivity contribution is -0.385. The third kappa shape index (κ3) is 1.86. The number of nitro benzene ring substituents is 1. The van der Waals surface area contributed by atoms with Crippen LogP contribution in [0.4, 0.5) is 11.4 Å². The average molecular weight is 222 g/mol. The molecule has 1 heterocycles. The van der Waals surface area contributed by atoms with Gasteiger partial charge in [0.05, 0.1) is 10.5 Å². The summed E-state index contributed by atoms with van der Waals surface area (Å²) in [5.74, 6) is 0. The highest BCUT2D eigenvalue weighted by Crippen LogP contribution is 2.31. The highest BCUT2D eigenvalue weighted by Gasteiger charge is 2.37. The summed E-state index contributed by atoms with van der Waals surface area (Å²) in [4.78, 5) is 12.3. The normalized spacial score (nSPS) is 18.1. The molecule has 1 aromatic rings. The summed E-state index contributed by atoms with van der Waals surface area (Å²) < 4.78 is 0. The van der Waals surface area contributed by atoms with Crippen LogP contribution in [0.3, 0.4) is 0 Å². The third-order valence-electron chi connectivity index (χ3n) is 2.82. The van der Waals surface area contributed by atoms with E-state index in [9.17, 15) is 15.2 Å². The van der Waals surface area contributed by atoms with Gasteiger partial charge in [-0.15, -0.1) is 0 Å². The van der Waals surface area contributed by atoms with Crippen molar-refractivity contribution < 1.29 is 10.0 Å². The molecule has 0 atom stereocenters. The zero-order valence-electron chi connectivity index (χ0n) is 9.30. The molecule has 1 aliphatic heterocycles. The van der Waals surface area contributed by atoms with Crippen LogP contribution in [-0.2, 0) is 0 Å². The first kappa shape index (κ1) is 10.9. The second-order valence-electron chi connectivity index (χ2n) is 4.58. The van der Waals surface area contributed by atoms with Crippen molar-refractivity contribution in [3.8, 4) is 0 Å². The lowest BCUT2D eigenvalue weighted by atomic mass is 9.96. The van der Waals surface area contributed by atoms with Crippen LogP contribution in [0.5, 0.6) is 0 Å². The van der Waals surface area contributed by atoms with Crippen molar-refractivity contribution in [3.63, 3.8) is 0 Å². The zero-order chi connectivity index (χ0) is 11.9. The first-order chi connectivity index (χ1) is 7.39. The van der Waals surface area contributed by atoms with E-state index in [1.54, 1.807) is 26.0 Å². The highest BCUT2D eigenvalue weighted by atomic mass is 16.6. The molecule has 0 unspecified atom stereocenters. The fraction of sp³-hybridized carbons (Fsp3) is 0.455. The molecule has 0 saturated carbocycles. The SMILES string of the molecule is Cc1ccc(N2CC(C)(O)C2)cc1[N+](=O)[O-]. The smallest absolute Gasteiger partial charge is 0.274 e. The van der Waals surface area contributed by atoms with Gasteiger partial charge in [0.2, 0.25) is 0 Å². The van der Waals surface area contributed by atoms with E-state index < -0.39 is 5.60 Å². The van der Waals surface area contributed by atoms with Gasteiger partial charge in [-0.25, -0.2) is 0 Å². The molecule has 5 nitrogen and oxygen atoms in total. The number of rotatable bonds is 2. The van der Waals surface area contributed by atoms with E-state index in [1.165, 1.54) is 0 Å². The van der Waals surface area contributed by atoms with Crippen molar-refractivity contribution in [2.24, 2.45) is 0 Å². The minimum atomic E-state index is -0.667. The number of hydrogen-bond acceptors (Lipinski definition) is 4. The molecule has 1 aliphatic rings.